The standard InChI is InChI=1S/C23H24N4O2S/c1-30-21-9-7-20(8-10-21)27-16-19(13-22(27)28)23(29)24-14-17-5-2-3-6-18(17)15-26-12-4-11-25-26/h2-12,19H,13-16H2,1H3,(H,24,29)/t19-/m0/s1. The zero-order valence-corrected chi connectivity index (χ0v) is 17.6. The van der Waals surface area contributed by atoms with E-state index in [1.165, 1.54) is 0 Å². The van der Waals surface area contributed by atoms with Crippen molar-refractivity contribution in [3.05, 3.63) is 78.1 Å². The Hall–Kier alpha value is -3.06. The van der Waals surface area contributed by atoms with Crippen molar-refractivity contribution in [1.29, 1.82) is 0 Å². The number of benzene rings is 2. The molecule has 1 aliphatic rings. The first-order valence-electron chi connectivity index (χ1n) is 9.90. The van der Waals surface area contributed by atoms with Gasteiger partial charge in [-0.1, -0.05) is 24.3 Å². The number of anilines is 1. The van der Waals surface area contributed by atoms with Crippen LogP contribution in [0.25, 0.3) is 0 Å². The molecule has 2 aromatic carbocycles. The van der Waals surface area contributed by atoms with Crippen LogP contribution in [0.1, 0.15) is 17.5 Å². The van der Waals surface area contributed by atoms with Crippen molar-refractivity contribution in [3.8, 4) is 0 Å². The molecule has 1 aromatic heterocycles. The van der Waals surface area contributed by atoms with Gasteiger partial charge in [-0.25, -0.2) is 0 Å². The number of nitrogens with one attached hydrogen (secondary N) is 1. The summed E-state index contributed by atoms with van der Waals surface area (Å²) in [5.41, 5.74) is 3.01. The Bertz CT molecular complexity index is 1020. The first-order valence-corrected chi connectivity index (χ1v) is 11.1. The minimum atomic E-state index is -0.337. The molecular weight excluding hydrogens is 396 g/mol. The highest BCUT2D eigenvalue weighted by molar-refractivity contribution is 7.98. The molecule has 6 nitrogen and oxygen atoms in total. The molecule has 7 heteroatoms. The number of amides is 2. The highest BCUT2D eigenvalue weighted by Crippen LogP contribution is 2.27. The molecule has 1 atom stereocenters. The number of thioether (sulfide) groups is 1. The van der Waals surface area contributed by atoms with Crippen LogP contribution in [-0.2, 0) is 22.7 Å². The number of rotatable bonds is 7. The second-order valence-corrected chi connectivity index (χ2v) is 8.17. The summed E-state index contributed by atoms with van der Waals surface area (Å²) in [5, 5.41) is 7.27. The molecular formula is C23H24N4O2S. The monoisotopic (exact) mass is 420 g/mol. The molecule has 3 aromatic rings. The summed E-state index contributed by atoms with van der Waals surface area (Å²) in [7, 11) is 0. The third-order valence-electron chi connectivity index (χ3n) is 5.34. The van der Waals surface area contributed by atoms with E-state index >= 15 is 0 Å². The predicted molar refractivity (Wildman–Crippen MR) is 118 cm³/mol. The molecule has 1 fully saturated rings. The van der Waals surface area contributed by atoms with Crippen molar-refractivity contribution in [2.45, 2.75) is 24.4 Å². The molecule has 2 heterocycles. The van der Waals surface area contributed by atoms with Gasteiger partial charge in [0, 0.05) is 42.5 Å². The zero-order valence-electron chi connectivity index (χ0n) is 16.8. The SMILES string of the molecule is CSc1ccc(N2C[C@@H](C(=O)NCc3ccccc3Cn3cccn3)CC2=O)cc1. The molecule has 1 aliphatic heterocycles. The highest BCUT2D eigenvalue weighted by atomic mass is 32.2. The fourth-order valence-electron chi connectivity index (χ4n) is 3.67. The van der Waals surface area contributed by atoms with E-state index in [0.717, 1.165) is 21.7 Å². The molecule has 0 unspecified atom stereocenters. The third-order valence-corrected chi connectivity index (χ3v) is 6.09. The topological polar surface area (TPSA) is 67.2 Å². The van der Waals surface area contributed by atoms with E-state index < -0.39 is 0 Å². The van der Waals surface area contributed by atoms with Crippen molar-refractivity contribution in [1.82, 2.24) is 15.1 Å². The highest BCUT2D eigenvalue weighted by Gasteiger charge is 2.35. The number of carbonyl (C=O) groups excluding carboxylic acids is 2. The lowest BCUT2D eigenvalue weighted by molar-refractivity contribution is -0.126. The maximum atomic E-state index is 12.8. The lowest BCUT2D eigenvalue weighted by atomic mass is 10.1. The molecule has 0 spiro atoms. The Morgan fingerprint density at radius 3 is 2.60 bits per heavy atom. The van der Waals surface area contributed by atoms with Gasteiger partial charge < -0.3 is 10.2 Å². The average molecular weight is 421 g/mol. The van der Waals surface area contributed by atoms with Crippen LogP contribution in [-0.4, -0.2) is 34.4 Å². The van der Waals surface area contributed by atoms with Gasteiger partial charge in [-0.2, -0.15) is 5.10 Å². The van der Waals surface area contributed by atoms with Gasteiger partial charge in [0.15, 0.2) is 0 Å². The normalized spacial score (nSPS) is 16.1. The maximum Gasteiger partial charge on any atom is 0.227 e. The summed E-state index contributed by atoms with van der Waals surface area (Å²) >= 11 is 1.66. The van der Waals surface area contributed by atoms with Gasteiger partial charge >= 0.3 is 0 Å². The Morgan fingerprint density at radius 2 is 1.90 bits per heavy atom. The molecule has 1 saturated heterocycles. The molecule has 0 radical (unpaired) electrons. The van der Waals surface area contributed by atoms with Gasteiger partial charge in [-0.05, 0) is 47.7 Å². The van der Waals surface area contributed by atoms with Crippen LogP contribution in [0, 0.1) is 5.92 Å². The van der Waals surface area contributed by atoms with Crippen molar-refractivity contribution >= 4 is 29.3 Å². The number of hydrogen-bond acceptors (Lipinski definition) is 4. The summed E-state index contributed by atoms with van der Waals surface area (Å²) in [6, 6.07) is 17.8. The van der Waals surface area contributed by atoms with E-state index in [4.69, 9.17) is 0 Å². The van der Waals surface area contributed by atoms with Crippen molar-refractivity contribution in [2.24, 2.45) is 5.92 Å². The Morgan fingerprint density at radius 1 is 1.13 bits per heavy atom. The molecule has 154 valence electrons. The number of nitrogens with zero attached hydrogens (tertiary/aromatic N) is 3. The second-order valence-electron chi connectivity index (χ2n) is 7.29. The molecule has 4 rings (SSSR count). The Labute approximate surface area is 180 Å². The van der Waals surface area contributed by atoms with E-state index in [0.29, 0.717) is 19.6 Å². The fourth-order valence-corrected chi connectivity index (χ4v) is 4.08. The third kappa shape index (κ3) is 4.57. The lowest BCUT2D eigenvalue weighted by Gasteiger charge is -2.17. The Balaban J connectivity index is 1.37. The molecule has 0 aliphatic carbocycles. The van der Waals surface area contributed by atoms with Crippen molar-refractivity contribution in [2.75, 3.05) is 17.7 Å². The summed E-state index contributed by atoms with van der Waals surface area (Å²) < 4.78 is 1.86. The van der Waals surface area contributed by atoms with E-state index in [1.807, 2.05) is 71.7 Å². The first-order chi connectivity index (χ1) is 14.6. The van der Waals surface area contributed by atoms with Crippen LogP contribution in [0.5, 0.6) is 0 Å². The van der Waals surface area contributed by atoms with Crippen LogP contribution in [0.15, 0.2) is 71.9 Å². The predicted octanol–water partition coefficient (Wildman–Crippen LogP) is 3.32. The van der Waals surface area contributed by atoms with Gasteiger partial charge in [-0.15, -0.1) is 11.8 Å². The summed E-state index contributed by atoms with van der Waals surface area (Å²) in [4.78, 5) is 28.1. The lowest BCUT2D eigenvalue weighted by Crippen LogP contribution is -2.32. The molecule has 30 heavy (non-hydrogen) atoms. The Kier molecular flexibility index (Phi) is 6.18. The molecule has 1 N–H and O–H groups in total. The number of aromatic nitrogens is 2. The van der Waals surface area contributed by atoms with Crippen LogP contribution in [0.2, 0.25) is 0 Å². The smallest absolute Gasteiger partial charge is 0.227 e. The van der Waals surface area contributed by atoms with E-state index in [9.17, 15) is 9.59 Å². The van der Waals surface area contributed by atoms with Gasteiger partial charge in [0.2, 0.25) is 11.8 Å². The van der Waals surface area contributed by atoms with Gasteiger partial charge in [0.05, 0.1) is 12.5 Å². The minimum Gasteiger partial charge on any atom is -0.352 e. The zero-order chi connectivity index (χ0) is 20.9. The van der Waals surface area contributed by atoms with Crippen molar-refractivity contribution in [3.63, 3.8) is 0 Å². The largest absolute Gasteiger partial charge is 0.352 e. The first kappa shape index (κ1) is 20.2. The maximum absolute atomic E-state index is 12.8. The van der Waals surface area contributed by atoms with Gasteiger partial charge in [0.25, 0.3) is 0 Å². The second kappa shape index (κ2) is 9.17. The van der Waals surface area contributed by atoms with Crippen molar-refractivity contribution < 1.29 is 9.59 Å². The van der Waals surface area contributed by atoms with Gasteiger partial charge in [0.1, 0.15) is 0 Å². The van der Waals surface area contributed by atoms with Crippen LogP contribution >= 0.6 is 11.8 Å². The molecule has 0 bridgehead atoms. The van der Waals surface area contributed by atoms with E-state index in [-0.39, 0.29) is 24.2 Å². The van der Waals surface area contributed by atoms with Gasteiger partial charge in [-0.3, -0.25) is 14.3 Å². The van der Waals surface area contributed by atoms with Crippen LogP contribution in [0.4, 0.5) is 5.69 Å². The summed E-state index contributed by atoms with van der Waals surface area (Å²) in [6.45, 7) is 1.50. The van der Waals surface area contributed by atoms with Crippen LogP contribution in [0.3, 0.4) is 0 Å². The quantitative estimate of drug-likeness (QED) is 0.596. The number of carbonyl (C=O) groups is 2. The average Bonchev–Trinajstić information content (AvgIpc) is 3.42. The minimum absolute atomic E-state index is 0.00821. The van der Waals surface area contributed by atoms with Crippen LogP contribution < -0.4 is 10.2 Å². The van der Waals surface area contributed by atoms with E-state index in [2.05, 4.69) is 10.4 Å². The molecule has 0 saturated carbocycles. The summed E-state index contributed by atoms with van der Waals surface area (Å²) in [5.74, 6) is -0.428. The summed E-state index contributed by atoms with van der Waals surface area (Å²) in [6.07, 6.45) is 5.93. The fraction of sp³-hybridized carbons (Fsp3) is 0.261. The number of hydrogen-bond donors (Lipinski definition) is 1. The van der Waals surface area contributed by atoms with E-state index in [1.54, 1.807) is 22.9 Å². The molecule has 2 amide bonds.